The highest BCUT2D eigenvalue weighted by molar-refractivity contribution is 6.13. The van der Waals surface area contributed by atoms with E-state index in [4.69, 9.17) is 14.2 Å². The van der Waals surface area contributed by atoms with Crippen LogP contribution in [0.1, 0.15) is 39.2 Å². The first-order valence-electron chi connectivity index (χ1n) is 13.7. The largest absolute Gasteiger partial charge is 0.461 e. The Labute approximate surface area is 248 Å². The molecule has 0 aromatic heterocycles. The topological polar surface area (TPSA) is 201 Å². The molecule has 0 spiro atoms. The van der Waals surface area contributed by atoms with Gasteiger partial charge in [0.2, 0.25) is 18.1 Å². The average Bonchev–Trinajstić information content (AvgIpc) is 3.27. The summed E-state index contributed by atoms with van der Waals surface area (Å²) >= 11 is 0. The smallest absolute Gasteiger partial charge is 0.311 e. The molecule has 2 heterocycles. The number of carbonyl (C=O) groups is 5. The number of hydrogen-bond donors (Lipinski definition) is 5. The van der Waals surface area contributed by atoms with E-state index in [0.717, 1.165) is 17.1 Å². The van der Waals surface area contributed by atoms with Gasteiger partial charge in [-0.15, -0.1) is 0 Å². The zero-order valence-corrected chi connectivity index (χ0v) is 24.1. The van der Waals surface area contributed by atoms with Crippen molar-refractivity contribution < 1.29 is 53.5 Å². The van der Waals surface area contributed by atoms with Crippen molar-refractivity contribution in [2.45, 2.75) is 58.2 Å². The standard InChI is InChI=1S/C29H37N3O11/c1-29(2,3)28(40)41-14-4-5-17-6-7-20(43-27-26(39)25(38)19(33)16-42-27)18(15-17)31-22(35)10-12-30-21(34)11-13-32-23(36)8-9-24(32)37/h4-9,15,19,25-27,33,38-39H,10-14,16H2,1-3H3,(H,30,34)(H,31,35)/b5-4+/t19-,25+,26-,27+/m1/s1. The van der Waals surface area contributed by atoms with Gasteiger partial charge in [-0.05, 0) is 44.5 Å². The van der Waals surface area contributed by atoms with E-state index in [-0.39, 0.29) is 56.6 Å². The first-order chi connectivity index (χ1) is 20.3. The molecule has 2 aliphatic rings. The Balaban J connectivity index is 1.61. The molecule has 3 rings (SSSR count). The van der Waals surface area contributed by atoms with E-state index >= 15 is 0 Å². The molecule has 5 N–H and O–H groups in total. The number of nitrogens with one attached hydrogen (secondary N) is 2. The summed E-state index contributed by atoms with van der Waals surface area (Å²) in [5, 5.41) is 35.2. The first-order valence-corrected chi connectivity index (χ1v) is 13.7. The summed E-state index contributed by atoms with van der Waals surface area (Å²) in [5.41, 5.74) is 0.131. The number of aliphatic hydroxyl groups excluding tert-OH is 3. The molecule has 234 valence electrons. The third-order valence-electron chi connectivity index (χ3n) is 6.35. The number of benzene rings is 1. The van der Waals surface area contributed by atoms with Crippen LogP contribution in [0.5, 0.6) is 5.75 Å². The molecule has 1 fully saturated rings. The fourth-order valence-electron chi connectivity index (χ4n) is 3.87. The van der Waals surface area contributed by atoms with Gasteiger partial charge in [-0.3, -0.25) is 28.9 Å². The minimum absolute atomic E-state index is 0.0225. The van der Waals surface area contributed by atoms with Gasteiger partial charge in [0.25, 0.3) is 11.8 Å². The quantitative estimate of drug-likeness (QED) is 0.157. The molecular weight excluding hydrogens is 566 g/mol. The Morgan fingerprint density at radius 3 is 2.42 bits per heavy atom. The van der Waals surface area contributed by atoms with Gasteiger partial charge in [0.15, 0.2) is 0 Å². The predicted molar refractivity (Wildman–Crippen MR) is 151 cm³/mol. The fraction of sp³-hybridized carbons (Fsp3) is 0.483. The van der Waals surface area contributed by atoms with Gasteiger partial charge < -0.3 is 40.2 Å². The molecule has 4 amide bonds. The van der Waals surface area contributed by atoms with Crippen LogP contribution in [-0.2, 0) is 33.4 Å². The van der Waals surface area contributed by atoms with Gasteiger partial charge >= 0.3 is 5.97 Å². The van der Waals surface area contributed by atoms with E-state index in [1.54, 1.807) is 45.1 Å². The van der Waals surface area contributed by atoms with Crippen LogP contribution in [0.3, 0.4) is 0 Å². The number of esters is 1. The molecule has 14 nitrogen and oxygen atoms in total. The molecule has 0 bridgehead atoms. The second-order valence-corrected chi connectivity index (χ2v) is 10.9. The van der Waals surface area contributed by atoms with E-state index in [1.807, 2.05) is 0 Å². The molecule has 43 heavy (non-hydrogen) atoms. The molecular formula is C29H37N3O11. The molecule has 0 aliphatic carbocycles. The van der Waals surface area contributed by atoms with Crippen LogP contribution < -0.4 is 15.4 Å². The molecule has 2 aliphatic heterocycles. The van der Waals surface area contributed by atoms with Crippen LogP contribution in [0.2, 0.25) is 0 Å². The van der Waals surface area contributed by atoms with Gasteiger partial charge in [-0.1, -0.05) is 12.1 Å². The predicted octanol–water partition coefficient (Wildman–Crippen LogP) is -0.133. The normalized spacial score (nSPS) is 22.1. The summed E-state index contributed by atoms with van der Waals surface area (Å²) in [6, 6.07) is 4.70. The summed E-state index contributed by atoms with van der Waals surface area (Å²) in [5.74, 6) is -2.21. The highest BCUT2D eigenvalue weighted by Gasteiger charge is 2.39. The van der Waals surface area contributed by atoms with Crippen molar-refractivity contribution in [3.05, 3.63) is 42.0 Å². The van der Waals surface area contributed by atoms with Crippen molar-refractivity contribution in [2.75, 3.05) is 31.6 Å². The van der Waals surface area contributed by atoms with E-state index in [9.17, 15) is 39.3 Å². The Morgan fingerprint density at radius 1 is 1.05 bits per heavy atom. The minimum atomic E-state index is -1.57. The van der Waals surface area contributed by atoms with E-state index in [2.05, 4.69) is 10.6 Å². The molecule has 0 radical (unpaired) electrons. The summed E-state index contributed by atoms with van der Waals surface area (Å²) in [6.45, 7) is 4.84. The Hall–Kier alpha value is -4.11. The maximum Gasteiger partial charge on any atom is 0.311 e. The average molecular weight is 604 g/mol. The highest BCUT2D eigenvalue weighted by Crippen LogP contribution is 2.30. The van der Waals surface area contributed by atoms with Crippen molar-refractivity contribution in [1.82, 2.24) is 10.2 Å². The van der Waals surface area contributed by atoms with Gasteiger partial charge in [0.1, 0.15) is 30.7 Å². The summed E-state index contributed by atoms with van der Waals surface area (Å²) in [7, 11) is 0. The number of ether oxygens (including phenoxy) is 3. The van der Waals surface area contributed by atoms with E-state index in [1.165, 1.54) is 6.07 Å². The lowest BCUT2D eigenvalue weighted by Crippen LogP contribution is -2.54. The van der Waals surface area contributed by atoms with Crippen LogP contribution in [-0.4, -0.2) is 101 Å². The van der Waals surface area contributed by atoms with Gasteiger partial charge in [0.05, 0.1) is 17.7 Å². The van der Waals surface area contributed by atoms with Crippen LogP contribution in [0.4, 0.5) is 5.69 Å². The van der Waals surface area contributed by atoms with Crippen molar-refractivity contribution >= 4 is 41.4 Å². The SMILES string of the molecule is CC(C)(C)C(=O)OC/C=C/c1ccc(O[C@@H]2OC[C@@H](O)[C@H](O)[C@H]2O)c(NC(=O)CCNC(=O)CCN2C(=O)C=CC2=O)c1. The maximum absolute atomic E-state index is 12.7. The van der Waals surface area contributed by atoms with Gasteiger partial charge in [0, 0.05) is 38.1 Å². The summed E-state index contributed by atoms with van der Waals surface area (Å²) in [4.78, 5) is 61.0. The van der Waals surface area contributed by atoms with Crippen LogP contribution in [0, 0.1) is 5.41 Å². The van der Waals surface area contributed by atoms with Crippen LogP contribution in [0.25, 0.3) is 6.08 Å². The number of aliphatic hydroxyl groups is 3. The Kier molecular flexibility index (Phi) is 11.5. The lowest BCUT2D eigenvalue weighted by atomic mass is 9.97. The Bertz CT molecular complexity index is 1250. The monoisotopic (exact) mass is 603 g/mol. The number of amides is 4. The second-order valence-electron chi connectivity index (χ2n) is 10.9. The number of rotatable bonds is 12. The zero-order valence-electron chi connectivity index (χ0n) is 24.1. The molecule has 1 aromatic carbocycles. The molecule has 0 saturated carbocycles. The minimum Gasteiger partial charge on any atom is -0.461 e. The third-order valence-corrected chi connectivity index (χ3v) is 6.35. The Morgan fingerprint density at radius 2 is 1.74 bits per heavy atom. The second kappa shape index (κ2) is 14.9. The molecule has 1 aromatic rings. The number of carbonyl (C=O) groups excluding carboxylic acids is 5. The molecule has 0 unspecified atom stereocenters. The number of imide groups is 1. The van der Waals surface area contributed by atoms with E-state index < -0.39 is 53.6 Å². The fourth-order valence-corrected chi connectivity index (χ4v) is 3.87. The lowest BCUT2D eigenvalue weighted by molar-refractivity contribution is -0.241. The van der Waals surface area contributed by atoms with Crippen molar-refractivity contribution in [2.24, 2.45) is 5.41 Å². The van der Waals surface area contributed by atoms with Gasteiger partial charge in [-0.2, -0.15) is 0 Å². The lowest BCUT2D eigenvalue weighted by Gasteiger charge is -2.35. The number of anilines is 1. The summed E-state index contributed by atoms with van der Waals surface area (Å²) in [6.07, 6.45) is -0.430. The zero-order chi connectivity index (χ0) is 31.7. The van der Waals surface area contributed by atoms with Crippen LogP contribution >= 0.6 is 0 Å². The third kappa shape index (κ3) is 9.71. The maximum atomic E-state index is 12.7. The van der Waals surface area contributed by atoms with Crippen molar-refractivity contribution in [3.63, 3.8) is 0 Å². The van der Waals surface area contributed by atoms with Crippen molar-refractivity contribution in [3.8, 4) is 5.75 Å². The molecule has 1 saturated heterocycles. The molecule has 4 atom stereocenters. The summed E-state index contributed by atoms with van der Waals surface area (Å²) < 4.78 is 16.2. The van der Waals surface area contributed by atoms with E-state index in [0.29, 0.717) is 5.56 Å². The first kappa shape index (κ1) is 33.4. The highest BCUT2D eigenvalue weighted by atomic mass is 16.7. The van der Waals surface area contributed by atoms with Crippen molar-refractivity contribution in [1.29, 1.82) is 0 Å². The van der Waals surface area contributed by atoms with Crippen LogP contribution in [0.15, 0.2) is 36.4 Å². The molecule has 14 heteroatoms. The number of nitrogens with zero attached hydrogens (tertiary/aromatic N) is 1. The number of hydrogen-bond acceptors (Lipinski definition) is 11. The van der Waals surface area contributed by atoms with Gasteiger partial charge in [-0.25, -0.2) is 0 Å².